The van der Waals surface area contributed by atoms with Crippen LogP contribution in [0.5, 0.6) is 0 Å². The Balaban J connectivity index is 1.56. The van der Waals surface area contributed by atoms with E-state index in [0.717, 1.165) is 23.5 Å². The Labute approximate surface area is 160 Å². The summed E-state index contributed by atoms with van der Waals surface area (Å²) in [7, 11) is -3.84. The standard InChI is InChI=1S/C18H16FN3O3S2/c19-13-6-9-16(10-7-13)27(24,25)22-18-21-15(12-26-18)8-11-17(23)20-14-4-2-1-3-5-14/h1-7,9-10,12H,8,11H2,(H,20,23)(H,21,22). The molecular formula is C18H16FN3O3S2. The van der Waals surface area contributed by atoms with Crippen molar-refractivity contribution in [2.75, 3.05) is 10.0 Å². The minimum Gasteiger partial charge on any atom is -0.326 e. The van der Waals surface area contributed by atoms with Crippen LogP contribution in [0.4, 0.5) is 15.2 Å². The topological polar surface area (TPSA) is 88.2 Å². The van der Waals surface area contributed by atoms with Crippen molar-refractivity contribution < 1.29 is 17.6 Å². The van der Waals surface area contributed by atoms with Crippen LogP contribution in [0, 0.1) is 5.82 Å². The molecule has 0 unspecified atom stereocenters. The summed E-state index contributed by atoms with van der Waals surface area (Å²) in [6, 6.07) is 13.6. The molecule has 0 saturated carbocycles. The van der Waals surface area contributed by atoms with Crippen molar-refractivity contribution in [2.45, 2.75) is 17.7 Å². The van der Waals surface area contributed by atoms with E-state index in [9.17, 15) is 17.6 Å². The number of rotatable bonds is 7. The number of anilines is 2. The van der Waals surface area contributed by atoms with Crippen molar-refractivity contribution in [2.24, 2.45) is 0 Å². The Bertz CT molecular complexity index is 1020. The first kappa shape index (κ1) is 19.0. The van der Waals surface area contributed by atoms with Gasteiger partial charge in [0.1, 0.15) is 5.82 Å². The van der Waals surface area contributed by atoms with Crippen LogP contribution in [0.1, 0.15) is 12.1 Å². The average molecular weight is 405 g/mol. The molecular weight excluding hydrogens is 389 g/mol. The number of carbonyl (C=O) groups is 1. The Kier molecular flexibility index (Phi) is 5.82. The van der Waals surface area contributed by atoms with Crippen molar-refractivity contribution in [1.29, 1.82) is 0 Å². The van der Waals surface area contributed by atoms with Gasteiger partial charge in [0.05, 0.1) is 10.6 Å². The third-order valence-corrected chi connectivity index (χ3v) is 5.85. The van der Waals surface area contributed by atoms with Gasteiger partial charge < -0.3 is 5.32 Å². The Hall–Kier alpha value is -2.78. The number of aryl methyl sites for hydroxylation is 1. The molecule has 0 fully saturated rings. The molecule has 2 aromatic carbocycles. The van der Waals surface area contributed by atoms with E-state index in [-0.39, 0.29) is 22.4 Å². The molecule has 1 heterocycles. The van der Waals surface area contributed by atoms with Crippen LogP contribution in [0.3, 0.4) is 0 Å². The highest BCUT2D eigenvalue weighted by atomic mass is 32.2. The molecule has 0 atom stereocenters. The molecule has 0 aliphatic rings. The highest BCUT2D eigenvalue weighted by Gasteiger charge is 2.16. The third kappa shape index (κ3) is 5.35. The van der Waals surface area contributed by atoms with Crippen LogP contribution in [0.25, 0.3) is 0 Å². The molecule has 1 aromatic heterocycles. The first-order valence-corrected chi connectivity index (χ1v) is 10.4. The molecule has 0 radical (unpaired) electrons. The van der Waals surface area contributed by atoms with Crippen LogP contribution in [0.2, 0.25) is 0 Å². The van der Waals surface area contributed by atoms with E-state index in [1.165, 1.54) is 12.1 Å². The van der Waals surface area contributed by atoms with E-state index in [1.807, 2.05) is 18.2 Å². The molecule has 1 amide bonds. The zero-order valence-corrected chi connectivity index (χ0v) is 15.7. The average Bonchev–Trinajstić information content (AvgIpc) is 3.08. The predicted molar refractivity (Wildman–Crippen MR) is 103 cm³/mol. The first-order valence-electron chi connectivity index (χ1n) is 8.00. The van der Waals surface area contributed by atoms with Crippen LogP contribution in [-0.2, 0) is 21.2 Å². The van der Waals surface area contributed by atoms with Gasteiger partial charge in [0.25, 0.3) is 10.0 Å². The molecule has 140 valence electrons. The lowest BCUT2D eigenvalue weighted by molar-refractivity contribution is -0.116. The first-order chi connectivity index (χ1) is 12.9. The van der Waals surface area contributed by atoms with Gasteiger partial charge in [0.2, 0.25) is 5.91 Å². The van der Waals surface area contributed by atoms with Crippen molar-refractivity contribution in [3.63, 3.8) is 0 Å². The van der Waals surface area contributed by atoms with E-state index < -0.39 is 15.8 Å². The molecule has 3 aromatic rings. The maximum Gasteiger partial charge on any atom is 0.263 e. The molecule has 3 rings (SSSR count). The number of nitrogens with one attached hydrogen (secondary N) is 2. The van der Waals surface area contributed by atoms with Crippen LogP contribution in [-0.4, -0.2) is 19.3 Å². The van der Waals surface area contributed by atoms with Crippen molar-refractivity contribution in [3.05, 3.63) is 71.5 Å². The zero-order valence-electron chi connectivity index (χ0n) is 14.1. The lowest BCUT2D eigenvalue weighted by atomic mass is 10.2. The third-order valence-electron chi connectivity index (χ3n) is 3.56. The van der Waals surface area contributed by atoms with Crippen molar-refractivity contribution in [3.8, 4) is 0 Å². The van der Waals surface area contributed by atoms with Gasteiger partial charge in [-0.15, -0.1) is 11.3 Å². The number of hydrogen-bond acceptors (Lipinski definition) is 5. The molecule has 9 heteroatoms. The predicted octanol–water partition coefficient (Wildman–Crippen LogP) is 3.65. The quantitative estimate of drug-likeness (QED) is 0.628. The van der Waals surface area contributed by atoms with Gasteiger partial charge >= 0.3 is 0 Å². The maximum absolute atomic E-state index is 12.9. The second kappa shape index (κ2) is 8.28. The number of sulfonamides is 1. The van der Waals surface area contributed by atoms with Crippen LogP contribution < -0.4 is 10.0 Å². The second-order valence-corrected chi connectivity index (χ2v) is 8.16. The molecule has 0 bridgehead atoms. The van der Waals surface area contributed by atoms with Gasteiger partial charge in [0, 0.05) is 17.5 Å². The normalized spacial score (nSPS) is 11.1. The number of nitrogens with zero attached hydrogens (tertiary/aromatic N) is 1. The van der Waals surface area contributed by atoms with E-state index in [1.54, 1.807) is 17.5 Å². The Morgan fingerprint density at radius 3 is 2.48 bits per heavy atom. The van der Waals surface area contributed by atoms with Gasteiger partial charge in [-0.1, -0.05) is 18.2 Å². The number of thiazole rings is 1. The summed E-state index contributed by atoms with van der Waals surface area (Å²) in [4.78, 5) is 16.1. The van der Waals surface area contributed by atoms with E-state index in [0.29, 0.717) is 17.8 Å². The van der Waals surface area contributed by atoms with E-state index in [2.05, 4.69) is 15.0 Å². The summed E-state index contributed by atoms with van der Waals surface area (Å²) in [6.07, 6.45) is 0.607. The number of carbonyl (C=O) groups excluding carboxylic acids is 1. The fourth-order valence-electron chi connectivity index (χ4n) is 2.24. The van der Waals surface area contributed by atoms with Crippen LogP contribution >= 0.6 is 11.3 Å². The van der Waals surface area contributed by atoms with Crippen molar-refractivity contribution >= 4 is 38.1 Å². The minimum absolute atomic E-state index is 0.0529. The Morgan fingerprint density at radius 2 is 1.78 bits per heavy atom. The molecule has 27 heavy (non-hydrogen) atoms. The SMILES string of the molecule is O=C(CCc1csc(NS(=O)(=O)c2ccc(F)cc2)n1)Nc1ccccc1. The fraction of sp³-hybridized carbons (Fsp3) is 0.111. The number of halogens is 1. The molecule has 0 spiro atoms. The molecule has 0 saturated heterocycles. The van der Waals surface area contributed by atoms with Crippen LogP contribution in [0.15, 0.2) is 64.9 Å². The summed E-state index contributed by atoms with van der Waals surface area (Å²) >= 11 is 1.12. The van der Waals surface area contributed by atoms with Gasteiger partial charge in [-0.25, -0.2) is 17.8 Å². The molecule has 0 aliphatic carbocycles. The molecule has 0 aliphatic heterocycles. The highest BCUT2D eigenvalue weighted by Crippen LogP contribution is 2.21. The maximum atomic E-state index is 12.9. The fourth-order valence-corrected chi connectivity index (χ4v) is 4.24. The lowest BCUT2D eigenvalue weighted by Crippen LogP contribution is -2.13. The Morgan fingerprint density at radius 1 is 1.07 bits per heavy atom. The number of para-hydroxylation sites is 1. The smallest absolute Gasteiger partial charge is 0.263 e. The second-order valence-electron chi connectivity index (χ2n) is 5.62. The van der Waals surface area contributed by atoms with E-state index >= 15 is 0 Å². The van der Waals surface area contributed by atoms with Gasteiger partial charge in [0.15, 0.2) is 5.13 Å². The minimum atomic E-state index is -3.84. The van der Waals surface area contributed by atoms with Gasteiger partial charge in [-0.3, -0.25) is 9.52 Å². The van der Waals surface area contributed by atoms with E-state index in [4.69, 9.17) is 0 Å². The largest absolute Gasteiger partial charge is 0.326 e. The zero-order chi connectivity index (χ0) is 19.3. The summed E-state index contributed by atoms with van der Waals surface area (Å²) < 4.78 is 39.8. The summed E-state index contributed by atoms with van der Waals surface area (Å²) in [6.45, 7) is 0. The molecule has 2 N–H and O–H groups in total. The van der Waals surface area contributed by atoms with Crippen molar-refractivity contribution in [1.82, 2.24) is 4.98 Å². The molecule has 6 nitrogen and oxygen atoms in total. The number of amides is 1. The number of benzene rings is 2. The monoisotopic (exact) mass is 405 g/mol. The summed E-state index contributed by atoms with van der Waals surface area (Å²) in [5.41, 5.74) is 1.33. The number of aromatic nitrogens is 1. The lowest BCUT2D eigenvalue weighted by Gasteiger charge is -2.05. The highest BCUT2D eigenvalue weighted by molar-refractivity contribution is 7.93. The summed E-state index contributed by atoms with van der Waals surface area (Å²) in [5.74, 6) is -0.665. The summed E-state index contributed by atoms with van der Waals surface area (Å²) in [5, 5.41) is 4.66. The number of hydrogen-bond donors (Lipinski definition) is 2. The van der Waals surface area contributed by atoms with Gasteiger partial charge in [-0.2, -0.15) is 0 Å². The van der Waals surface area contributed by atoms with Gasteiger partial charge in [-0.05, 0) is 42.8 Å².